The van der Waals surface area contributed by atoms with Crippen molar-refractivity contribution in [2.24, 2.45) is 0 Å². The molecule has 0 bridgehead atoms. The zero-order valence-corrected chi connectivity index (χ0v) is 17.3. The van der Waals surface area contributed by atoms with Crippen LogP contribution in [-0.2, 0) is 25.7 Å². The number of nitrogens with one attached hydrogen (secondary N) is 1. The largest absolute Gasteiger partial charge is 0.444 e. The SMILES string of the molecule is Cc1cc(I)ccc1NC(=O)CC1C(=O)OCN1C(=O)OCc1ccccc1. The van der Waals surface area contributed by atoms with E-state index in [0.717, 1.165) is 19.6 Å². The van der Waals surface area contributed by atoms with Gasteiger partial charge in [-0.2, -0.15) is 0 Å². The smallest absolute Gasteiger partial charge is 0.413 e. The third-order valence-electron chi connectivity index (χ3n) is 4.28. The number of cyclic esters (lactones) is 1. The first-order chi connectivity index (χ1) is 13.4. The number of benzene rings is 2. The summed E-state index contributed by atoms with van der Waals surface area (Å²) in [5, 5.41) is 2.77. The number of nitrogens with zero attached hydrogens (tertiary/aromatic N) is 1. The van der Waals surface area contributed by atoms with Gasteiger partial charge in [0.25, 0.3) is 0 Å². The standard InChI is InChI=1S/C20H19IN2O5/c1-13-9-15(21)7-8-16(13)22-18(24)10-17-19(25)28-12-23(17)20(26)27-11-14-5-3-2-4-6-14/h2-9,17H,10-12H2,1H3,(H,22,24). The van der Waals surface area contributed by atoms with Crippen molar-refractivity contribution in [1.29, 1.82) is 0 Å². The van der Waals surface area contributed by atoms with Crippen LogP contribution in [0, 0.1) is 10.5 Å². The Bertz CT molecular complexity index is 887. The third kappa shape index (κ3) is 5.00. The molecule has 28 heavy (non-hydrogen) atoms. The molecule has 0 saturated carbocycles. The van der Waals surface area contributed by atoms with Crippen LogP contribution in [0.25, 0.3) is 0 Å². The van der Waals surface area contributed by atoms with Gasteiger partial charge in [0.15, 0.2) is 6.73 Å². The summed E-state index contributed by atoms with van der Waals surface area (Å²) in [5.74, 6) is -1.000. The molecule has 146 valence electrons. The Morgan fingerprint density at radius 3 is 2.71 bits per heavy atom. The van der Waals surface area contributed by atoms with Crippen molar-refractivity contribution in [2.75, 3.05) is 12.0 Å². The number of amides is 2. The molecule has 1 fully saturated rings. The molecule has 1 N–H and O–H groups in total. The molecule has 1 saturated heterocycles. The van der Waals surface area contributed by atoms with E-state index in [0.29, 0.717) is 5.69 Å². The fraction of sp³-hybridized carbons (Fsp3) is 0.250. The maximum Gasteiger partial charge on any atom is 0.413 e. The molecule has 3 rings (SSSR count). The second kappa shape index (κ2) is 9.05. The van der Waals surface area contributed by atoms with E-state index in [9.17, 15) is 14.4 Å². The van der Waals surface area contributed by atoms with Crippen LogP contribution in [0.5, 0.6) is 0 Å². The molecule has 0 radical (unpaired) electrons. The highest BCUT2D eigenvalue weighted by atomic mass is 127. The van der Waals surface area contributed by atoms with Gasteiger partial charge in [0.05, 0.1) is 6.42 Å². The molecule has 8 heteroatoms. The van der Waals surface area contributed by atoms with Crippen LogP contribution < -0.4 is 5.32 Å². The normalized spacial score (nSPS) is 15.9. The van der Waals surface area contributed by atoms with Crippen LogP contribution in [0.4, 0.5) is 10.5 Å². The van der Waals surface area contributed by atoms with Gasteiger partial charge in [-0.1, -0.05) is 30.3 Å². The van der Waals surface area contributed by atoms with Crippen LogP contribution in [0.3, 0.4) is 0 Å². The molecule has 2 aromatic carbocycles. The van der Waals surface area contributed by atoms with E-state index in [4.69, 9.17) is 9.47 Å². The number of carbonyl (C=O) groups is 3. The van der Waals surface area contributed by atoms with Crippen LogP contribution >= 0.6 is 22.6 Å². The number of halogens is 1. The molecule has 0 spiro atoms. The molecule has 0 aliphatic carbocycles. The van der Waals surface area contributed by atoms with E-state index in [1.165, 1.54) is 0 Å². The molecule has 2 amide bonds. The first kappa shape index (κ1) is 20.1. The van der Waals surface area contributed by atoms with Crippen LogP contribution in [0.2, 0.25) is 0 Å². The average molecular weight is 494 g/mol. The van der Waals surface area contributed by atoms with Crippen LogP contribution in [0.1, 0.15) is 17.5 Å². The maximum absolute atomic E-state index is 12.4. The van der Waals surface area contributed by atoms with Gasteiger partial charge in [0, 0.05) is 9.26 Å². The van der Waals surface area contributed by atoms with E-state index in [1.54, 1.807) is 6.07 Å². The number of ether oxygens (including phenoxy) is 2. The minimum absolute atomic E-state index is 0.0745. The van der Waals surface area contributed by atoms with Gasteiger partial charge < -0.3 is 14.8 Å². The van der Waals surface area contributed by atoms with Crippen LogP contribution in [0.15, 0.2) is 48.5 Å². The number of hydrogen-bond donors (Lipinski definition) is 1. The van der Waals surface area contributed by atoms with E-state index in [1.807, 2.05) is 49.4 Å². The summed E-state index contributed by atoms with van der Waals surface area (Å²) in [6, 6.07) is 13.8. The molecular formula is C20H19IN2O5. The van der Waals surface area contributed by atoms with Gasteiger partial charge in [0.2, 0.25) is 5.91 Å². The lowest BCUT2D eigenvalue weighted by Crippen LogP contribution is -2.40. The summed E-state index contributed by atoms with van der Waals surface area (Å²) >= 11 is 2.19. The Morgan fingerprint density at radius 1 is 1.25 bits per heavy atom. The number of aryl methyl sites for hydroxylation is 1. The number of carbonyl (C=O) groups excluding carboxylic acids is 3. The van der Waals surface area contributed by atoms with Crippen molar-refractivity contribution in [3.8, 4) is 0 Å². The average Bonchev–Trinajstić information content (AvgIpc) is 3.03. The molecule has 1 aliphatic rings. The first-order valence-corrected chi connectivity index (χ1v) is 9.72. The Hall–Kier alpha value is -2.62. The van der Waals surface area contributed by atoms with Crippen molar-refractivity contribution in [2.45, 2.75) is 26.0 Å². The van der Waals surface area contributed by atoms with Gasteiger partial charge in [-0.05, 0) is 58.8 Å². The predicted octanol–water partition coefficient (Wildman–Crippen LogP) is 3.45. The number of anilines is 1. The number of hydrogen-bond acceptors (Lipinski definition) is 5. The van der Waals surface area contributed by atoms with Gasteiger partial charge in [-0.3, -0.25) is 9.69 Å². The molecule has 1 heterocycles. The lowest BCUT2D eigenvalue weighted by atomic mass is 10.1. The zero-order chi connectivity index (χ0) is 20.1. The monoisotopic (exact) mass is 494 g/mol. The highest BCUT2D eigenvalue weighted by molar-refractivity contribution is 14.1. The number of esters is 1. The fourth-order valence-electron chi connectivity index (χ4n) is 2.77. The second-order valence-corrected chi connectivity index (χ2v) is 7.58. The van der Waals surface area contributed by atoms with Crippen molar-refractivity contribution in [3.63, 3.8) is 0 Å². The zero-order valence-electron chi connectivity index (χ0n) is 15.2. The van der Waals surface area contributed by atoms with Crippen molar-refractivity contribution in [1.82, 2.24) is 4.90 Å². The minimum atomic E-state index is -1.01. The lowest BCUT2D eigenvalue weighted by Gasteiger charge is -2.19. The quantitative estimate of drug-likeness (QED) is 0.509. The molecule has 0 aromatic heterocycles. The topological polar surface area (TPSA) is 84.9 Å². The first-order valence-electron chi connectivity index (χ1n) is 8.64. The summed E-state index contributed by atoms with van der Waals surface area (Å²) in [5.41, 5.74) is 2.40. The van der Waals surface area contributed by atoms with Crippen molar-refractivity contribution in [3.05, 3.63) is 63.2 Å². The maximum atomic E-state index is 12.4. The second-order valence-electron chi connectivity index (χ2n) is 6.33. The number of rotatable bonds is 5. The summed E-state index contributed by atoms with van der Waals surface area (Å²) in [7, 11) is 0. The van der Waals surface area contributed by atoms with E-state index < -0.39 is 18.1 Å². The Labute approximate surface area is 176 Å². The fourth-order valence-corrected chi connectivity index (χ4v) is 3.41. The summed E-state index contributed by atoms with van der Waals surface area (Å²) in [4.78, 5) is 37.9. The highest BCUT2D eigenvalue weighted by Crippen LogP contribution is 2.20. The molecular weight excluding hydrogens is 475 g/mol. The molecule has 1 unspecified atom stereocenters. The Morgan fingerprint density at radius 2 is 2.00 bits per heavy atom. The Balaban J connectivity index is 1.60. The summed E-state index contributed by atoms with van der Waals surface area (Å²) in [6.45, 7) is 1.73. The van der Waals surface area contributed by atoms with Crippen molar-refractivity contribution < 1.29 is 23.9 Å². The molecule has 1 aliphatic heterocycles. The molecule has 7 nitrogen and oxygen atoms in total. The summed E-state index contributed by atoms with van der Waals surface area (Å²) < 4.78 is 11.2. The Kier molecular flexibility index (Phi) is 6.50. The lowest BCUT2D eigenvalue weighted by molar-refractivity contribution is -0.140. The predicted molar refractivity (Wildman–Crippen MR) is 110 cm³/mol. The highest BCUT2D eigenvalue weighted by Gasteiger charge is 2.40. The van der Waals surface area contributed by atoms with Crippen LogP contribution in [-0.4, -0.2) is 35.6 Å². The minimum Gasteiger partial charge on any atom is -0.444 e. The molecule has 1 atom stereocenters. The van der Waals surface area contributed by atoms with Gasteiger partial charge >= 0.3 is 12.1 Å². The van der Waals surface area contributed by atoms with Crippen molar-refractivity contribution >= 4 is 46.2 Å². The van der Waals surface area contributed by atoms with Gasteiger partial charge in [-0.15, -0.1) is 0 Å². The van der Waals surface area contributed by atoms with E-state index >= 15 is 0 Å². The van der Waals surface area contributed by atoms with E-state index in [2.05, 4.69) is 27.9 Å². The molecule has 2 aromatic rings. The summed E-state index contributed by atoms with van der Waals surface area (Å²) in [6.07, 6.45) is -0.900. The van der Waals surface area contributed by atoms with Gasteiger partial charge in [0.1, 0.15) is 12.6 Å². The van der Waals surface area contributed by atoms with E-state index in [-0.39, 0.29) is 25.7 Å². The third-order valence-corrected chi connectivity index (χ3v) is 4.95. The van der Waals surface area contributed by atoms with Gasteiger partial charge in [-0.25, -0.2) is 9.59 Å².